The third kappa shape index (κ3) is 4.89. The highest BCUT2D eigenvalue weighted by atomic mass is 32.2. The fourth-order valence-corrected chi connectivity index (χ4v) is 3.00. The van der Waals surface area contributed by atoms with E-state index in [2.05, 4.69) is 15.5 Å². The molecule has 0 aliphatic carbocycles. The Kier molecular flexibility index (Phi) is 6.97. The molecule has 120 valence electrons. The maximum atomic E-state index is 11.5. The second-order valence-corrected chi connectivity index (χ2v) is 6.14. The minimum atomic E-state index is -0.899. The zero-order chi connectivity index (χ0) is 15.9. The number of aliphatic carboxylic acids is 1. The van der Waals surface area contributed by atoms with Crippen LogP contribution in [0.1, 0.15) is 40.0 Å². The number of carboxylic acid groups (broad SMARTS) is 1. The minimum Gasteiger partial charge on any atom is -0.480 e. The fraction of sp³-hybridized carbons (Fsp3) is 0.769. The Morgan fingerprint density at radius 2 is 2.24 bits per heavy atom. The Balaban J connectivity index is 2.50. The maximum absolute atomic E-state index is 11.5. The highest BCUT2D eigenvalue weighted by Gasteiger charge is 2.31. The largest absolute Gasteiger partial charge is 0.480 e. The lowest BCUT2D eigenvalue weighted by atomic mass is 9.96. The summed E-state index contributed by atoms with van der Waals surface area (Å²) in [5.74, 6) is -0.112. The molecule has 3 N–H and O–H groups in total. The molecule has 21 heavy (non-hydrogen) atoms. The number of likely N-dealkylation sites (N-methyl/N-ethyl adjacent to an activating group) is 1. The van der Waals surface area contributed by atoms with Crippen molar-refractivity contribution in [1.82, 2.24) is 20.1 Å². The number of thioether (sulfide) groups is 1. The number of aromatic amines is 1. The second-order valence-electron chi connectivity index (χ2n) is 5.08. The predicted molar refractivity (Wildman–Crippen MR) is 82.8 cm³/mol. The van der Waals surface area contributed by atoms with Crippen molar-refractivity contribution in [3.05, 3.63) is 10.5 Å². The Labute approximate surface area is 128 Å². The number of aromatic nitrogens is 3. The van der Waals surface area contributed by atoms with E-state index in [-0.39, 0.29) is 5.69 Å². The predicted octanol–water partition coefficient (Wildman–Crippen LogP) is 1.31. The average Bonchev–Trinajstić information content (AvgIpc) is 2.77. The molecule has 1 atom stereocenters. The van der Waals surface area contributed by atoms with Crippen LogP contribution in [-0.4, -0.2) is 43.7 Å². The van der Waals surface area contributed by atoms with Crippen LogP contribution in [0, 0.1) is 0 Å². The van der Waals surface area contributed by atoms with Crippen molar-refractivity contribution in [1.29, 1.82) is 0 Å². The van der Waals surface area contributed by atoms with Gasteiger partial charge in [-0.05, 0) is 32.7 Å². The van der Waals surface area contributed by atoms with Gasteiger partial charge in [0.1, 0.15) is 5.54 Å². The van der Waals surface area contributed by atoms with Gasteiger partial charge in [0.05, 0.1) is 0 Å². The van der Waals surface area contributed by atoms with Gasteiger partial charge < -0.3 is 10.4 Å². The monoisotopic (exact) mass is 316 g/mol. The van der Waals surface area contributed by atoms with E-state index >= 15 is 0 Å². The van der Waals surface area contributed by atoms with Crippen LogP contribution in [0.4, 0.5) is 0 Å². The Hall–Kier alpha value is -1.28. The molecule has 0 fully saturated rings. The van der Waals surface area contributed by atoms with Crippen LogP contribution in [0.25, 0.3) is 0 Å². The molecule has 0 radical (unpaired) electrons. The van der Waals surface area contributed by atoms with Gasteiger partial charge in [0.2, 0.25) is 0 Å². The van der Waals surface area contributed by atoms with Crippen molar-refractivity contribution in [2.45, 2.75) is 57.3 Å². The van der Waals surface area contributed by atoms with Crippen molar-refractivity contribution >= 4 is 17.7 Å². The van der Waals surface area contributed by atoms with Gasteiger partial charge in [-0.3, -0.25) is 9.36 Å². The molecule has 8 heteroatoms. The summed E-state index contributed by atoms with van der Waals surface area (Å²) in [4.78, 5) is 22.8. The standard InChI is InChI=1S/C13H24N4O3S/c1-4-8-17-11(20)15-16-12(17)21-9-6-7-13(3,10(18)19)14-5-2/h14H,4-9H2,1-3H3,(H,15,20)(H,18,19). The number of carbonyl (C=O) groups is 1. The van der Waals surface area contributed by atoms with Crippen LogP contribution >= 0.6 is 11.8 Å². The van der Waals surface area contributed by atoms with E-state index in [1.54, 1.807) is 11.5 Å². The summed E-state index contributed by atoms with van der Waals surface area (Å²) in [5.41, 5.74) is -1.09. The van der Waals surface area contributed by atoms with Gasteiger partial charge >= 0.3 is 11.7 Å². The first-order valence-electron chi connectivity index (χ1n) is 7.21. The van der Waals surface area contributed by atoms with E-state index in [1.165, 1.54) is 11.8 Å². The molecular formula is C13H24N4O3S. The number of carboxylic acids is 1. The number of hydrogen-bond acceptors (Lipinski definition) is 5. The topological polar surface area (TPSA) is 100 Å². The Morgan fingerprint density at radius 3 is 2.81 bits per heavy atom. The highest BCUT2D eigenvalue weighted by Crippen LogP contribution is 2.19. The van der Waals surface area contributed by atoms with Gasteiger partial charge in [-0.15, -0.1) is 5.10 Å². The number of hydrogen-bond donors (Lipinski definition) is 3. The molecule has 0 saturated carbocycles. The quantitative estimate of drug-likeness (QED) is 0.444. The van der Waals surface area contributed by atoms with Gasteiger partial charge in [-0.25, -0.2) is 9.89 Å². The zero-order valence-corrected chi connectivity index (χ0v) is 13.6. The van der Waals surface area contributed by atoms with Crippen molar-refractivity contribution < 1.29 is 9.90 Å². The van der Waals surface area contributed by atoms with Gasteiger partial charge in [-0.2, -0.15) is 0 Å². The van der Waals surface area contributed by atoms with Crippen molar-refractivity contribution in [3.63, 3.8) is 0 Å². The summed E-state index contributed by atoms with van der Waals surface area (Å²) in [7, 11) is 0. The first kappa shape index (κ1) is 17.8. The molecule has 0 aromatic carbocycles. The minimum absolute atomic E-state index is 0.192. The molecule has 0 saturated heterocycles. The maximum Gasteiger partial charge on any atom is 0.343 e. The highest BCUT2D eigenvalue weighted by molar-refractivity contribution is 7.99. The summed E-state index contributed by atoms with van der Waals surface area (Å²) in [6.07, 6.45) is 2.13. The van der Waals surface area contributed by atoms with Crippen LogP contribution in [-0.2, 0) is 11.3 Å². The molecule has 0 aliphatic heterocycles. The van der Waals surface area contributed by atoms with E-state index in [1.807, 2.05) is 13.8 Å². The van der Waals surface area contributed by atoms with Crippen LogP contribution in [0.3, 0.4) is 0 Å². The Morgan fingerprint density at radius 1 is 1.52 bits per heavy atom. The molecular weight excluding hydrogens is 292 g/mol. The summed E-state index contributed by atoms with van der Waals surface area (Å²) in [6, 6.07) is 0. The van der Waals surface area contributed by atoms with Gasteiger partial charge in [-0.1, -0.05) is 25.6 Å². The van der Waals surface area contributed by atoms with E-state index in [0.29, 0.717) is 24.7 Å². The first-order valence-corrected chi connectivity index (χ1v) is 8.19. The Bertz CT molecular complexity index is 514. The summed E-state index contributed by atoms with van der Waals surface area (Å²) < 4.78 is 1.62. The van der Waals surface area contributed by atoms with Crippen LogP contribution < -0.4 is 11.0 Å². The van der Waals surface area contributed by atoms with Crippen molar-refractivity contribution in [2.75, 3.05) is 12.3 Å². The molecule has 1 rings (SSSR count). The van der Waals surface area contributed by atoms with E-state index in [4.69, 9.17) is 0 Å². The molecule has 0 spiro atoms. The first-order chi connectivity index (χ1) is 9.94. The van der Waals surface area contributed by atoms with Crippen molar-refractivity contribution in [3.8, 4) is 0 Å². The number of H-pyrrole nitrogens is 1. The molecule has 0 amide bonds. The summed E-state index contributed by atoms with van der Waals surface area (Å²) >= 11 is 1.48. The molecule has 0 bridgehead atoms. The molecule has 1 unspecified atom stereocenters. The SMILES string of the molecule is CCCn1c(SCCCC(C)(NCC)C(=O)O)n[nH]c1=O. The lowest BCUT2D eigenvalue weighted by Crippen LogP contribution is -2.49. The molecule has 7 nitrogen and oxygen atoms in total. The fourth-order valence-electron chi connectivity index (χ4n) is 2.08. The van der Waals surface area contributed by atoms with Crippen LogP contribution in [0.2, 0.25) is 0 Å². The van der Waals surface area contributed by atoms with Crippen molar-refractivity contribution in [2.24, 2.45) is 0 Å². The second kappa shape index (κ2) is 8.23. The van der Waals surface area contributed by atoms with Gasteiger partial charge in [0, 0.05) is 12.3 Å². The third-order valence-electron chi connectivity index (χ3n) is 3.26. The summed E-state index contributed by atoms with van der Waals surface area (Å²) in [5, 5.41) is 19.4. The molecule has 1 heterocycles. The number of rotatable bonds is 10. The van der Waals surface area contributed by atoms with Gasteiger partial charge in [0.15, 0.2) is 5.16 Å². The smallest absolute Gasteiger partial charge is 0.343 e. The van der Waals surface area contributed by atoms with E-state index in [0.717, 1.165) is 18.6 Å². The lowest BCUT2D eigenvalue weighted by molar-refractivity contribution is -0.144. The van der Waals surface area contributed by atoms with E-state index < -0.39 is 11.5 Å². The third-order valence-corrected chi connectivity index (χ3v) is 4.32. The molecule has 1 aromatic heterocycles. The van der Waals surface area contributed by atoms with E-state index in [9.17, 15) is 14.7 Å². The lowest BCUT2D eigenvalue weighted by Gasteiger charge is -2.25. The van der Waals surface area contributed by atoms with Gasteiger partial charge in [0.25, 0.3) is 0 Å². The molecule has 0 aliphatic rings. The van der Waals surface area contributed by atoms with Crippen LogP contribution in [0.5, 0.6) is 0 Å². The average molecular weight is 316 g/mol. The van der Waals surface area contributed by atoms with Crippen LogP contribution in [0.15, 0.2) is 9.95 Å². The number of nitrogens with zero attached hydrogens (tertiary/aromatic N) is 2. The number of nitrogens with one attached hydrogen (secondary N) is 2. The molecule has 1 aromatic rings. The normalized spacial score (nSPS) is 14.0. The zero-order valence-electron chi connectivity index (χ0n) is 12.8. The summed E-state index contributed by atoms with van der Waals surface area (Å²) in [6.45, 7) is 6.85.